The number of hydrogen-bond acceptors (Lipinski definition) is 4. The minimum Gasteiger partial charge on any atom is -0.477 e. The summed E-state index contributed by atoms with van der Waals surface area (Å²) >= 11 is 0. The summed E-state index contributed by atoms with van der Waals surface area (Å²) in [6.07, 6.45) is 0.888. The van der Waals surface area contributed by atoms with Crippen LogP contribution in [0.2, 0.25) is 0 Å². The van der Waals surface area contributed by atoms with Crippen molar-refractivity contribution < 1.29 is 14.8 Å². The van der Waals surface area contributed by atoms with Crippen LogP contribution in [0.15, 0.2) is 18.2 Å². The fourth-order valence-corrected chi connectivity index (χ4v) is 1.25. The minimum absolute atomic E-state index is 0.300. The van der Waals surface area contributed by atoms with Gasteiger partial charge in [0.15, 0.2) is 0 Å². The third kappa shape index (κ3) is 2.69. The molecule has 0 radical (unpaired) electrons. The van der Waals surface area contributed by atoms with Gasteiger partial charge in [-0.05, 0) is 18.6 Å². The Morgan fingerprint density at radius 1 is 1.56 bits per heavy atom. The van der Waals surface area contributed by atoms with Crippen molar-refractivity contribution >= 4 is 17.3 Å². The van der Waals surface area contributed by atoms with Crippen LogP contribution >= 0.6 is 0 Å². The van der Waals surface area contributed by atoms with Gasteiger partial charge in [0, 0.05) is 18.3 Å². The summed E-state index contributed by atoms with van der Waals surface area (Å²) in [6, 6.07) is 3.97. The van der Waals surface area contributed by atoms with Crippen molar-refractivity contribution in [1.82, 2.24) is 0 Å². The average molecular weight is 224 g/mol. The Morgan fingerprint density at radius 2 is 2.25 bits per heavy atom. The summed E-state index contributed by atoms with van der Waals surface area (Å²) in [5.74, 6) is -1.30. The van der Waals surface area contributed by atoms with Crippen molar-refractivity contribution in [2.75, 3.05) is 11.9 Å². The van der Waals surface area contributed by atoms with Gasteiger partial charge in [-0.1, -0.05) is 6.92 Å². The van der Waals surface area contributed by atoms with Crippen molar-refractivity contribution in [3.05, 3.63) is 33.9 Å². The lowest BCUT2D eigenvalue weighted by molar-refractivity contribution is -0.385. The molecule has 0 aliphatic heterocycles. The molecule has 0 spiro atoms. The van der Waals surface area contributed by atoms with Crippen molar-refractivity contribution in [2.24, 2.45) is 0 Å². The Morgan fingerprint density at radius 3 is 2.75 bits per heavy atom. The SMILES string of the molecule is CCCNc1ccc([N+](=O)[O-])c(C(=O)O)c1. The number of nitrogens with one attached hydrogen (secondary N) is 1. The number of carboxylic acids is 1. The van der Waals surface area contributed by atoms with Gasteiger partial charge in [-0.25, -0.2) is 4.79 Å². The molecule has 0 bridgehead atoms. The van der Waals surface area contributed by atoms with Crippen LogP contribution in [0.5, 0.6) is 0 Å². The molecule has 2 N–H and O–H groups in total. The molecule has 0 aromatic heterocycles. The van der Waals surface area contributed by atoms with E-state index in [0.717, 1.165) is 6.42 Å². The van der Waals surface area contributed by atoms with Gasteiger partial charge >= 0.3 is 5.97 Å². The molecular weight excluding hydrogens is 212 g/mol. The predicted molar refractivity (Wildman–Crippen MR) is 58.8 cm³/mol. The zero-order chi connectivity index (χ0) is 12.1. The monoisotopic (exact) mass is 224 g/mol. The van der Waals surface area contributed by atoms with Gasteiger partial charge in [-0.3, -0.25) is 10.1 Å². The number of carbonyl (C=O) groups is 1. The lowest BCUT2D eigenvalue weighted by Gasteiger charge is -2.05. The molecule has 1 aromatic rings. The molecule has 6 heteroatoms. The molecule has 1 aromatic carbocycles. The molecule has 0 saturated carbocycles. The van der Waals surface area contributed by atoms with E-state index < -0.39 is 16.6 Å². The van der Waals surface area contributed by atoms with E-state index in [1.165, 1.54) is 18.2 Å². The fourth-order valence-electron chi connectivity index (χ4n) is 1.25. The molecule has 0 heterocycles. The van der Waals surface area contributed by atoms with E-state index in [1.807, 2.05) is 6.92 Å². The first-order chi connectivity index (χ1) is 7.56. The maximum atomic E-state index is 10.8. The number of aromatic carboxylic acids is 1. The van der Waals surface area contributed by atoms with E-state index in [1.54, 1.807) is 0 Å². The summed E-state index contributed by atoms with van der Waals surface area (Å²) in [4.78, 5) is 20.7. The van der Waals surface area contributed by atoms with Crippen molar-refractivity contribution in [3.8, 4) is 0 Å². The third-order valence-electron chi connectivity index (χ3n) is 2.00. The first-order valence-electron chi connectivity index (χ1n) is 4.82. The van der Waals surface area contributed by atoms with Crippen LogP contribution in [-0.2, 0) is 0 Å². The zero-order valence-corrected chi connectivity index (χ0v) is 8.77. The summed E-state index contributed by atoms with van der Waals surface area (Å²) in [7, 11) is 0. The molecular formula is C10H12N2O4. The molecule has 0 atom stereocenters. The summed E-state index contributed by atoms with van der Waals surface area (Å²) in [5, 5.41) is 22.4. The van der Waals surface area contributed by atoms with E-state index in [9.17, 15) is 14.9 Å². The number of benzene rings is 1. The number of nitrogens with zero attached hydrogens (tertiary/aromatic N) is 1. The number of nitro benzene ring substituents is 1. The van der Waals surface area contributed by atoms with Crippen LogP contribution in [0.4, 0.5) is 11.4 Å². The van der Waals surface area contributed by atoms with Gasteiger partial charge in [0.25, 0.3) is 5.69 Å². The minimum atomic E-state index is -1.30. The second kappa shape index (κ2) is 5.11. The Bertz CT molecular complexity index is 417. The maximum Gasteiger partial charge on any atom is 0.342 e. The quantitative estimate of drug-likeness (QED) is 0.590. The molecule has 0 amide bonds. The van der Waals surface area contributed by atoms with Crippen LogP contribution in [0.25, 0.3) is 0 Å². The van der Waals surface area contributed by atoms with Gasteiger partial charge in [0.05, 0.1) is 4.92 Å². The smallest absolute Gasteiger partial charge is 0.342 e. The van der Waals surface area contributed by atoms with E-state index in [0.29, 0.717) is 12.2 Å². The predicted octanol–water partition coefficient (Wildman–Crippen LogP) is 2.11. The van der Waals surface area contributed by atoms with Crippen LogP contribution in [0.1, 0.15) is 23.7 Å². The number of hydrogen-bond donors (Lipinski definition) is 2. The van der Waals surface area contributed by atoms with Gasteiger partial charge in [-0.15, -0.1) is 0 Å². The van der Waals surface area contributed by atoms with Crippen LogP contribution in [0.3, 0.4) is 0 Å². The number of anilines is 1. The zero-order valence-electron chi connectivity index (χ0n) is 8.77. The van der Waals surface area contributed by atoms with Gasteiger partial charge in [0.1, 0.15) is 5.56 Å². The van der Waals surface area contributed by atoms with E-state index in [-0.39, 0.29) is 5.56 Å². The topological polar surface area (TPSA) is 92.5 Å². The summed E-state index contributed by atoms with van der Waals surface area (Å²) < 4.78 is 0. The molecule has 0 aliphatic rings. The van der Waals surface area contributed by atoms with Gasteiger partial charge in [0.2, 0.25) is 0 Å². The number of rotatable bonds is 5. The first-order valence-corrected chi connectivity index (χ1v) is 4.82. The average Bonchev–Trinajstić information content (AvgIpc) is 2.25. The molecule has 6 nitrogen and oxygen atoms in total. The largest absolute Gasteiger partial charge is 0.477 e. The fraction of sp³-hybridized carbons (Fsp3) is 0.300. The second-order valence-electron chi connectivity index (χ2n) is 3.22. The van der Waals surface area contributed by atoms with Gasteiger partial charge < -0.3 is 10.4 Å². The highest BCUT2D eigenvalue weighted by Gasteiger charge is 2.19. The highest BCUT2D eigenvalue weighted by atomic mass is 16.6. The van der Waals surface area contributed by atoms with E-state index in [2.05, 4.69) is 5.32 Å². The van der Waals surface area contributed by atoms with Crippen molar-refractivity contribution in [3.63, 3.8) is 0 Å². The first kappa shape index (κ1) is 12.0. The van der Waals surface area contributed by atoms with E-state index >= 15 is 0 Å². The van der Waals surface area contributed by atoms with E-state index in [4.69, 9.17) is 5.11 Å². The number of nitro groups is 1. The summed E-state index contributed by atoms with van der Waals surface area (Å²) in [6.45, 7) is 2.66. The van der Waals surface area contributed by atoms with Gasteiger partial charge in [-0.2, -0.15) is 0 Å². The lowest BCUT2D eigenvalue weighted by Crippen LogP contribution is -2.05. The molecule has 0 saturated heterocycles. The molecule has 0 aliphatic carbocycles. The maximum absolute atomic E-state index is 10.8. The molecule has 1 rings (SSSR count). The number of carboxylic acid groups (broad SMARTS) is 1. The van der Waals surface area contributed by atoms with Crippen LogP contribution in [0, 0.1) is 10.1 Å². The standard InChI is InChI=1S/C10H12N2O4/c1-2-5-11-7-3-4-9(12(15)16)8(6-7)10(13)14/h3-4,6,11H,2,5H2,1H3,(H,13,14). The van der Waals surface area contributed by atoms with Crippen LogP contribution in [-0.4, -0.2) is 22.5 Å². The lowest BCUT2D eigenvalue weighted by atomic mass is 10.1. The van der Waals surface area contributed by atoms with Crippen molar-refractivity contribution in [2.45, 2.75) is 13.3 Å². The molecule has 86 valence electrons. The Balaban J connectivity index is 3.07. The van der Waals surface area contributed by atoms with Crippen molar-refractivity contribution in [1.29, 1.82) is 0 Å². The third-order valence-corrected chi connectivity index (χ3v) is 2.00. The second-order valence-corrected chi connectivity index (χ2v) is 3.22. The Labute approximate surface area is 92.0 Å². The summed E-state index contributed by atoms with van der Waals surface area (Å²) in [5.41, 5.74) is -0.120. The molecule has 0 fully saturated rings. The Hall–Kier alpha value is -2.11. The molecule has 16 heavy (non-hydrogen) atoms. The Kier molecular flexibility index (Phi) is 3.82. The highest BCUT2D eigenvalue weighted by Crippen LogP contribution is 2.22. The van der Waals surface area contributed by atoms with Crippen LogP contribution < -0.4 is 5.32 Å². The normalized spacial score (nSPS) is 9.81. The highest BCUT2D eigenvalue weighted by molar-refractivity contribution is 5.93. The molecule has 0 unspecified atom stereocenters.